The van der Waals surface area contributed by atoms with E-state index in [2.05, 4.69) is 9.88 Å². The van der Waals surface area contributed by atoms with Gasteiger partial charge in [-0.1, -0.05) is 42.5 Å². The summed E-state index contributed by atoms with van der Waals surface area (Å²) in [6.45, 7) is 2.20. The van der Waals surface area contributed by atoms with Gasteiger partial charge >= 0.3 is 12.0 Å². The second-order valence-electron chi connectivity index (χ2n) is 7.27. The Bertz CT molecular complexity index is 1110. The summed E-state index contributed by atoms with van der Waals surface area (Å²) < 4.78 is 17.1. The molecule has 7 heteroatoms. The van der Waals surface area contributed by atoms with Crippen molar-refractivity contribution in [2.75, 3.05) is 19.7 Å². The van der Waals surface area contributed by atoms with Crippen LogP contribution in [-0.2, 0) is 11.3 Å². The maximum Gasteiger partial charge on any atom is 0.400 e. The largest absolute Gasteiger partial charge is 0.492 e. The molecule has 0 aliphatic rings. The van der Waals surface area contributed by atoms with Crippen molar-refractivity contribution in [3.63, 3.8) is 0 Å². The lowest BCUT2D eigenvalue weighted by molar-refractivity contribution is -0.137. The molecule has 0 bridgehead atoms. The van der Waals surface area contributed by atoms with Crippen LogP contribution in [0, 0.1) is 0 Å². The number of carboxylic acid groups (broad SMARTS) is 1. The number of oxazole rings is 1. The van der Waals surface area contributed by atoms with Crippen molar-refractivity contribution in [3.8, 4) is 17.6 Å². The van der Waals surface area contributed by atoms with E-state index in [1.807, 2.05) is 66.7 Å². The molecule has 0 amide bonds. The lowest BCUT2D eigenvalue weighted by atomic mass is 10.2. The summed E-state index contributed by atoms with van der Waals surface area (Å²) >= 11 is 0. The van der Waals surface area contributed by atoms with Gasteiger partial charge in [0.1, 0.15) is 23.6 Å². The molecule has 0 saturated heterocycles. The molecular formula is C25H24N2O5. The van der Waals surface area contributed by atoms with Crippen LogP contribution in [0.3, 0.4) is 0 Å². The molecule has 0 fully saturated rings. The third kappa shape index (κ3) is 6.09. The average molecular weight is 432 g/mol. The summed E-state index contributed by atoms with van der Waals surface area (Å²) in [6.07, 6.45) is 0.282. The fourth-order valence-corrected chi connectivity index (χ4v) is 3.26. The molecule has 4 aromatic rings. The third-order valence-electron chi connectivity index (χ3n) is 4.87. The molecule has 0 spiro atoms. The Morgan fingerprint density at radius 3 is 2.38 bits per heavy atom. The molecule has 32 heavy (non-hydrogen) atoms. The zero-order chi connectivity index (χ0) is 22.2. The molecule has 7 nitrogen and oxygen atoms in total. The van der Waals surface area contributed by atoms with Crippen LogP contribution < -0.4 is 9.47 Å². The van der Waals surface area contributed by atoms with Crippen LogP contribution in [0.5, 0.6) is 17.6 Å². The predicted octanol–water partition coefficient (Wildman–Crippen LogP) is 4.98. The number of nitrogens with zero attached hydrogens (tertiary/aromatic N) is 2. The van der Waals surface area contributed by atoms with Gasteiger partial charge in [-0.15, -0.1) is 0 Å². The summed E-state index contributed by atoms with van der Waals surface area (Å²) in [6, 6.07) is 24.7. The minimum absolute atomic E-state index is 0.0920. The van der Waals surface area contributed by atoms with Gasteiger partial charge in [0.2, 0.25) is 0 Å². The Morgan fingerprint density at radius 2 is 1.62 bits per heavy atom. The highest BCUT2D eigenvalue weighted by molar-refractivity contribution is 5.72. The maximum absolute atomic E-state index is 11.0. The van der Waals surface area contributed by atoms with Crippen LogP contribution in [0.15, 0.2) is 83.3 Å². The second kappa shape index (κ2) is 10.5. The zero-order valence-corrected chi connectivity index (χ0v) is 17.5. The monoisotopic (exact) mass is 432 g/mol. The number of hydrogen-bond donors (Lipinski definition) is 1. The summed E-state index contributed by atoms with van der Waals surface area (Å²) in [5.74, 6) is 0.488. The molecule has 164 valence electrons. The highest BCUT2D eigenvalue weighted by Gasteiger charge is 2.10. The van der Waals surface area contributed by atoms with Gasteiger partial charge in [0.25, 0.3) is 0 Å². The topological polar surface area (TPSA) is 85.0 Å². The number of fused-ring (bicyclic) bond motifs is 1. The van der Waals surface area contributed by atoms with Gasteiger partial charge < -0.3 is 19.0 Å². The fraction of sp³-hybridized carbons (Fsp3) is 0.200. The third-order valence-corrected chi connectivity index (χ3v) is 4.87. The van der Waals surface area contributed by atoms with Gasteiger partial charge in [-0.2, -0.15) is 4.98 Å². The van der Waals surface area contributed by atoms with Gasteiger partial charge in [-0.25, -0.2) is 0 Å². The summed E-state index contributed by atoms with van der Waals surface area (Å²) in [5.41, 5.74) is 2.55. The molecule has 0 radical (unpaired) electrons. The van der Waals surface area contributed by atoms with Gasteiger partial charge in [0.05, 0.1) is 6.42 Å². The van der Waals surface area contributed by atoms with Crippen LogP contribution >= 0.6 is 0 Å². The SMILES string of the molecule is O=C(O)CCN(CCOc1ccc(Oc2nc3ccccc3o2)cc1)Cc1ccccc1. The van der Waals surface area contributed by atoms with E-state index >= 15 is 0 Å². The van der Waals surface area contributed by atoms with Crippen molar-refractivity contribution < 1.29 is 23.8 Å². The first-order valence-corrected chi connectivity index (χ1v) is 10.4. The molecule has 0 aliphatic carbocycles. The van der Waals surface area contributed by atoms with E-state index in [9.17, 15) is 4.79 Å². The zero-order valence-electron chi connectivity index (χ0n) is 17.5. The van der Waals surface area contributed by atoms with Gasteiger partial charge in [-0.3, -0.25) is 9.69 Å². The highest BCUT2D eigenvalue weighted by atomic mass is 16.6. The van der Waals surface area contributed by atoms with Crippen molar-refractivity contribution >= 4 is 17.1 Å². The molecule has 1 aromatic heterocycles. The van der Waals surface area contributed by atoms with Gasteiger partial charge in [0, 0.05) is 19.6 Å². The molecular weight excluding hydrogens is 408 g/mol. The summed E-state index contributed by atoms with van der Waals surface area (Å²) in [5, 5.41) is 9.02. The van der Waals surface area contributed by atoms with Crippen molar-refractivity contribution in [1.29, 1.82) is 0 Å². The van der Waals surface area contributed by atoms with Crippen molar-refractivity contribution in [1.82, 2.24) is 9.88 Å². The Hall–Kier alpha value is -3.84. The number of hydrogen-bond acceptors (Lipinski definition) is 6. The molecule has 0 saturated carbocycles. The molecule has 1 N–H and O–H groups in total. The van der Waals surface area contributed by atoms with Crippen molar-refractivity contribution in [2.45, 2.75) is 13.0 Å². The van der Waals surface area contributed by atoms with E-state index in [-0.39, 0.29) is 12.5 Å². The van der Waals surface area contributed by atoms with Crippen LogP contribution in [0.4, 0.5) is 0 Å². The minimum atomic E-state index is -0.807. The number of carbonyl (C=O) groups is 1. The van der Waals surface area contributed by atoms with E-state index in [1.165, 1.54) is 0 Å². The molecule has 0 unspecified atom stereocenters. The summed E-state index contributed by atoms with van der Waals surface area (Å²) in [7, 11) is 0. The predicted molar refractivity (Wildman–Crippen MR) is 120 cm³/mol. The lowest BCUT2D eigenvalue weighted by Gasteiger charge is -2.21. The Labute approximate surface area is 185 Å². The van der Waals surface area contributed by atoms with E-state index < -0.39 is 5.97 Å². The molecule has 0 atom stereocenters. The van der Waals surface area contributed by atoms with Crippen LogP contribution in [0.1, 0.15) is 12.0 Å². The Balaban J connectivity index is 1.29. The molecule has 3 aromatic carbocycles. The standard InChI is InChI=1S/C25H24N2O5/c28-24(29)14-15-27(18-19-6-2-1-3-7-19)16-17-30-20-10-12-21(13-11-20)31-25-26-22-8-4-5-9-23(22)32-25/h1-13H,14-18H2,(H,28,29). The number of aromatic nitrogens is 1. The first-order chi connectivity index (χ1) is 15.7. The first kappa shape index (κ1) is 21.4. The number of carboxylic acids is 1. The fourth-order valence-electron chi connectivity index (χ4n) is 3.26. The molecule has 4 rings (SSSR count). The Morgan fingerprint density at radius 1 is 0.906 bits per heavy atom. The number of aliphatic carboxylic acids is 1. The molecule has 1 heterocycles. The maximum atomic E-state index is 11.0. The highest BCUT2D eigenvalue weighted by Crippen LogP contribution is 2.26. The summed E-state index contributed by atoms with van der Waals surface area (Å²) in [4.78, 5) is 17.4. The van der Waals surface area contributed by atoms with E-state index in [0.717, 1.165) is 11.1 Å². The first-order valence-electron chi connectivity index (χ1n) is 10.4. The number of ether oxygens (including phenoxy) is 2. The smallest absolute Gasteiger partial charge is 0.400 e. The normalized spacial score (nSPS) is 11.0. The van der Waals surface area contributed by atoms with Crippen LogP contribution in [0.25, 0.3) is 11.1 Å². The molecule has 0 aliphatic heterocycles. The Kier molecular flexibility index (Phi) is 6.99. The number of para-hydroxylation sites is 2. The van der Waals surface area contributed by atoms with Gasteiger partial charge in [-0.05, 0) is 42.0 Å². The van der Waals surface area contributed by atoms with E-state index in [4.69, 9.17) is 19.0 Å². The number of benzene rings is 3. The van der Waals surface area contributed by atoms with Crippen molar-refractivity contribution in [2.24, 2.45) is 0 Å². The lowest BCUT2D eigenvalue weighted by Crippen LogP contribution is -2.30. The van der Waals surface area contributed by atoms with E-state index in [1.54, 1.807) is 12.1 Å². The average Bonchev–Trinajstić information content (AvgIpc) is 3.21. The number of rotatable bonds is 11. The van der Waals surface area contributed by atoms with Crippen LogP contribution in [0.2, 0.25) is 0 Å². The minimum Gasteiger partial charge on any atom is -0.492 e. The van der Waals surface area contributed by atoms with Crippen LogP contribution in [-0.4, -0.2) is 40.7 Å². The van der Waals surface area contributed by atoms with Crippen molar-refractivity contribution in [3.05, 3.63) is 84.4 Å². The van der Waals surface area contributed by atoms with Gasteiger partial charge in [0.15, 0.2) is 5.58 Å². The van der Waals surface area contributed by atoms with E-state index in [0.29, 0.717) is 43.3 Å². The second-order valence-corrected chi connectivity index (χ2v) is 7.27. The quantitative estimate of drug-likeness (QED) is 0.358.